The lowest BCUT2D eigenvalue weighted by Gasteiger charge is -2.31. The Morgan fingerprint density at radius 1 is 1.48 bits per heavy atom. The van der Waals surface area contributed by atoms with Gasteiger partial charge in [-0.2, -0.15) is 9.40 Å². The van der Waals surface area contributed by atoms with Gasteiger partial charge in [0, 0.05) is 18.5 Å². The normalized spacial score (nSPS) is 19.2. The van der Waals surface area contributed by atoms with Crippen LogP contribution in [0, 0.1) is 13.8 Å². The van der Waals surface area contributed by atoms with Gasteiger partial charge in [0.15, 0.2) is 0 Å². The summed E-state index contributed by atoms with van der Waals surface area (Å²) in [6.45, 7) is 4.70. The van der Waals surface area contributed by atoms with Crippen LogP contribution in [0.25, 0.3) is 0 Å². The molecule has 2 aromatic rings. The Hall–Kier alpha value is -1.82. The van der Waals surface area contributed by atoms with E-state index < -0.39 is 16.0 Å². The van der Waals surface area contributed by atoms with Gasteiger partial charge in [0.05, 0.1) is 24.2 Å². The number of morpholine rings is 1. The first kappa shape index (κ1) is 18.0. The van der Waals surface area contributed by atoms with Gasteiger partial charge >= 0.3 is 5.97 Å². The molecule has 3 heterocycles. The fourth-order valence-electron chi connectivity index (χ4n) is 2.66. The molecule has 3 rings (SSSR count). The van der Waals surface area contributed by atoms with Gasteiger partial charge in [-0.15, -0.1) is 11.3 Å². The standard InChI is InChI=1S/C14H18N4O5S2/c1-9-15-10(2)18(16-9)7-11-6-17(3-4-23-11)25(21,22)12-5-13(14(19)20)24-8-12/h5,8,11H,3-4,6-7H2,1-2H3,(H,19,20). The summed E-state index contributed by atoms with van der Waals surface area (Å²) in [6.07, 6.45) is -0.346. The molecule has 0 spiro atoms. The summed E-state index contributed by atoms with van der Waals surface area (Å²) < 4.78 is 34.2. The number of ether oxygens (including phenoxy) is 1. The Labute approximate surface area is 148 Å². The first-order valence-electron chi connectivity index (χ1n) is 7.59. The van der Waals surface area contributed by atoms with E-state index in [0.29, 0.717) is 12.4 Å². The molecular formula is C14H18N4O5S2. The van der Waals surface area contributed by atoms with Crippen molar-refractivity contribution in [2.75, 3.05) is 19.7 Å². The van der Waals surface area contributed by atoms with Gasteiger partial charge in [-0.05, 0) is 19.9 Å². The number of carboxylic acids is 1. The fraction of sp³-hybridized carbons (Fsp3) is 0.500. The Morgan fingerprint density at radius 2 is 2.24 bits per heavy atom. The summed E-state index contributed by atoms with van der Waals surface area (Å²) in [5.41, 5.74) is 0. The Balaban J connectivity index is 1.75. The zero-order chi connectivity index (χ0) is 18.2. The van der Waals surface area contributed by atoms with Crippen molar-refractivity contribution in [1.82, 2.24) is 19.1 Å². The van der Waals surface area contributed by atoms with Crippen molar-refractivity contribution < 1.29 is 23.1 Å². The van der Waals surface area contributed by atoms with E-state index in [4.69, 9.17) is 9.84 Å². The molecule has 0 bridgehead atoms. The van der Waals surface area contributed by atoms with Gasteiger partial charge in [-0.1, -0.05) is 0 Å². The molecule has 0 aromatic carbocycles. The van der Waals surface area contributed by atoms with Crippen LogP contribution in [0.4, 0.5) is 0 Å². The molecule has 1 unspecified atom stereocenters. The highest BCUT2D eigenvalue weighted by molar-refractivity contribution is 7.89. The average molecular weight is 386 g/mol. The van der Waals surface area contributed by atoms with E-state index in [1.807, 2.05) is 6.92 Å². The third-order valence-corrected chi connectivity index (χ3v) is 6.77. The summed E-state index contributed by atoms with van der Waals surface area (Å²) in [6, 6.07) is 1.19. The van der Waals surface area contributed by atoms with E-state index in [1.165, 1.54) is 15.8 Å². The van der Waals surface area contributed by atoms with E-state index in [1.54, 1.807) is 11.6 Å². The van der Waals surface area contributed by atoms with Crippen molar-refractivity contribution in [2.24, 2.45) is 0 Å². The molecule has 136 valence electrons. The number of hydrogen-bond acceptors (Lipinski definition) is 7. The number of aromatic nitrogens is 3. The van der Waals surface area contributed by atoms with Crippen LogP contribution in [0.15, 0.2) is 16.3 Å². The monoisotopic (exact) mass is 386 g/mol. The Bertz CT molecular complexity index is 889. The largest absolute Gasteiger partial charge is 0.477 e. The number of thiophene rings is 1. The van der Waals surface area contributed by atoms with Crippen molar-refractivity contribution in [3.8, 4) is 0 Å². The minimum absolute atomic E-state index is 0.00269. The molecule has 1 saturated heterocycles. The van der Waals surface area contributed by atoms with Crippen molar-refractivity contribution >= 4 is 27.3 Å². The maximum Gasteiger partial charge on any atom is 0.345 e. The molecule has 1 aliphatic heterocycles. The van der Waals surface area contributed by atoms with E-state index in [9.17, 15) is 13.2 Å². The lowest BCUT2D eigenvalue weighted by Crippen LogP contribution is -2.47. The maximum absolute atomic E-state index is 12.7. The summed E-state index contributed by atoms with van der Waals surface area (Å²) in [7, 11) is -3.75. The van der Waals surface area contributed by atoms with Crippen LogP contribution >= 0.6 is 11.3 Å². The van der Waals surface area contributed by atoms with Crippen molar-refractivity contribution in [2.45, 2.75) is 31.4 Å². The summed E-state index contributed by atoms with van der Waals surface area (Å²) in [5.74, 6) is 0.255. The van der Waals surface area contributed by atoms with Crippen LogP contribution in [0.5, 0.6) is 0 Å². The van der Waals surface area contributed by atoms with Crippen molar-refractivity contribution in [1.29, 1.82) is 0 Å². The van der Waals surface area contributed by atoms with Crippen LogP contribution in [-0.2, 0) is 21.3 Å². The topological polar surface area (TPSA) is 115 Å². The molecule has 0 saturated carbocycles. The highest BCUT2D eigenvalue weighted by Crippen LogP contribution is 2.24. The third kappa shape index (κ3) is 3.73. The number of sulfonamides is 1. The lowest BCUT2D eigenvalue weighted by atomic mass is 10.3. The van der Waals surface area contributed by atoms with Crippen LogP contribution in [0.3, 0.4) is 0 Å². The zero-order valence-electron chi connectivity index (χ0n) is 13.7. The second kappa shape index (κ2) is 6.83. The molecule has 1 atom stereocenters. The second-order valence-corrected chi connectivity index (χ2v) is 8.55. The molecule has 0 aliphatic carbocycles. The first-order chi connectivity index (χ1) is 11.8. The van der Waals surface area contributed by atoms with Gasteiger partial charge in [0.25, 0.3) is 0 Å². The molecule has 0 radical (unpaired) electrons. The van der Waals surface area contributed by atoms with Crippen LogP contribution in [0.1, 0.15) is 21.3 Å². The van der Waals surface area contributed by atoms with E-state index >= 15 is 0 Å². The highest BCUT2D eigenvalue weighted by Gasteiger charge is 2.32. The molecule has 2 aromatic heterocycles. The van der Waals surface area contributed by atoms with Crippen molar-refractivity contribution in [3.05, 3.63) is 28.0 Å². The average Bonchev–Trinajstić information content (AvgIpc) is 3.15. The number of carbonyl (C=O) groups is 1. The van der Waals surface area contributed by atoms with Gasteiger partial charge in [0.2, 0.25) is 10.0 Å². The smallest absolute Gasteiger partial charge is 0.345 e. The number of carboxylic acid groups (broad SMARTS) is 1. The molecule has 9 nitrogen and oxygen atoms in total. The predicted molar refractivity (Wildman–Crippen MR) is 89.3 cm³/mol. The van der Waals surface area contributed by atoms with Crippen molar-refractivity contribution in [3.63, 3.8) is 0 Å². The minimum atomic E-state index is -3.75. The molecule has 25 heavy (non-hydrogen) atoms. The molecule has 11 heteroatoms. The second-order valence-electron chi connectivity index (χ2n) is 5.70. The third-order valence-electron chi connectivity index (χ3n) is 3.86. The minimum Gasteiger partial charge on any atom is -0.477 e. The Kier molecular flexibility index (Phi) is 4.91. The summed E-state index contributed by atoms with van der Waals surface area (Å²) in [4.78, 5) is 15.2. The fourth-order valence-corrected chi connectivity index (χ4v) is 5.22. The van der Waals surface area contributed by atoms with Gasteiger partial charge in [0.1, 0.15) is 16.5 Å². The molecule has 1 N–H and O–H groups in total. The zero-order valence-corrected chi connectivity index (χ0v) is 15.4. The van der Waals surface area contributed by atoms with Gasteiger partial charge < -0.3 is 9.84 Å². The first-order valence-corrected chi connectivity index (χ1v) is 9.91. The number of hydrogen-bond donors (Lipinski definition) is 1. The lowest BCUT2D eigenvalue weighted by molar-refractivity contribution is -0.0124. The number of aromatic carboxylic acids is 1. The van der Waals surface area contributed by atoms with E-state index in [-0.39, 0.29) is 35.6 Å². The quantitative estimate of drug-likeness (QED) is 0.806. The van der Waals surface area contributed by atoms with Crippen LogP contribution in [-0.4, -0.2) is 64.4 Å². The number of rotatable bonds is 5. The Morgan fingerprint density at radius 3 is 2.84 bits per heavy atom. The summed E-state index contributed by atoms with van der Waals surface area (Å²) in [5, 5.41) is 14.6. The van der Waals surface area contributed by atoms with Gasteiger partial charge in [-0.3, -0.25) is 0 Å². The van der Waals surface area contributed by atoms with Crippen LogP contribution < -0.4 is 0 Å². The number of nitrogens with zero attached hydrogens (tertiary/aromatic N) is 4. The predicted octanol–water partition coefficient (Wildman–Crippen LogP) is 0.744. The highest BCUT2D eigenvalue weighted by atomic mass is 32.2. The van der Waals surface area contributed by atoms with Gasteiger partial charge in [-0.25, -0.2) is 22.9 Å². The summed E-state index contributed by atoms with van der Waals surface area (Å²) >= 11 is 0.898. The molecular weight excluding hydrogens is 368 g/mol. The van der Waals surface area contributed by atoms with E-state index in [2.05, 4.69) is 10.1 Å². The molecule has 1 aliphatic rings. The van der Waals surface area contributed by atoms with Crippen LogP contribution in [0.2, 0.25) is 0 Å². The maximum atomic E-state index is 12.7. The molecule has 0 amide bonds. The van der Waals surface area contributed by atoms with E-state index in [0.717, 1.165) is 17.2 Å². The number of aryl methyl sites for hydroxylation is 2. The SMILES string of the molecule is Cc1nc(C)n(CC2CN(S(=O)(=O)c3csc(C(=O)O)c3)CCO2)n1. The molecule has 1 fully saturated rings.